The molecule has 0 aliphatic heterocycles. The van der Waals surface area contributed by atoms with Crippen molar-refractivity contribution < 1.29 is 42.9 Å². The summed E-state index contributed by atoms with van der Waals surface area (Å²) in [6.45, 7) is 4.53. The van der Waals surface area contributed by atoms with Crippen LogP contribution < -0.4 is 0 Å². The highest BCUT2D eigenvalue weighted by molar-refractivity contribution is 5.71. The molecule has 0 aliphatic carbocycles. The van der Waals surface area contributed by atoms with Crippen molar-refractivity contribution in [3.63, 3.8) is 0 Å². The van der Waals surface area contributed by atoms with Gasteiger partial charge in [-0.2, -0.15) is 0 Å². The Morgan fingerprint density at radius 3 is 1.08 bits per heavy atom. The van der Waals surface area contributed by atoms with Gasteiger partial charge in [0.1, 0.15) is 13.2 Å². The number of aliphatic carboxylic acids is 1. The van der Waals surface area contributed by atoms with Crippen molar-refractivity contribution in [3.05, 3.63) is 170 Å². The van der Waals surface area contributed by atoms with Gasteiger partial charge in [0.2, 0.25) is 0 Å². The molecule has 0 aromatic heterocycles. The number of esters is 2. The summed E-state index contributed by atoms with van der Waals surface area (Å²) in [6.07, 6.45) is 82.9. The molecule has 2 atom stereocenters. The molecule has 9 nitrogen and oxygen atoms in total. The number of rotatable bonds is 51. The Morgan fingerprint density at radius 2 is 0.714 bits per heavy atom. The first-order chi connectivity index (χ1) is 37.6. The van der Waals surface area contributed by atoms with Crippen LogP contribution in [-0.4, -0.2) is 87.4 Å². The number of quaternary nitrogens is 1. The fourth-order valence-electron chi connectivity index (χ4n) is 7.04. The Hall–Kier alpha value is -5.35. The summed E-state index contributed by atoms with van der Waals surface area (Å²) in [5.74, 6) is -2.13. The van der Waals surface area contributed by atoms with E-state index in [1.54, 1.807) is 0 Å². The minimum atomic E-state index is -1.54. The predicted molar refractivity (Wildman–Crippen MR) is 326 cm³/mol. The second-order valence-electron chi connectivity index (χ2n) is 19.8. The van der Waals surface area contributed by atoms with Gasteiger partial charge < -0.3 is 28.5 Å². The van der Waals surface area contributed by atoms with E-state index in [0.717, 1.165) is 116 Å². The lowest BCUT2D eigenvalue weighted by Crippen LogP contribution is -2.40. The number of unbranched alkanes of at least 4 members (excludes halogenated alkanes) is 8. The molecule has 1 N–H and O–H groups in total. The van der Waals surface area contributed by atoms with Gasteiger partial charge in [-0.05, 0) is 122 Å². The lowest BCUT2D eigenvalue weighted by molar-refractivity contribution is -0.870. The highest BCUT2D eigenvalue weighted by atomic mass is 16.7. The second-order valence-corrected chi connectivity index (χ2v) is 19.8. The molecule has 0 amide bonds. The minimum absolute atomic E-state index is 0.164. The van der Waals surface area contributed by atoms with Gasteiger partial charge >= 0.3 is 17.9 Å². The van der Waals surface area contributed by atoms with E-state index in [-0.39, 0.29) is 38.6 Å². The van der Waals surface area contributed by atoms with Gasteiger partial charge in [0, 0.05) is 12.8 Å². The van der Waals surface area contributed by atoms with Crippen LogP contribution in [0.2, 0.25) is 0 Å². The third-order valence-corrected chi connectivity index (χ3v) is 11.5. The van der Waals surface area contributed by atoms with Gasteiger partial charge in [-0.1, -0.05) is 216 Å². The third kappa shape index (κ3) is 58.2. The molecule has 0 saturated carbocycles. The van der Waals surface area contributed by atoms with Gasteiger partial charge in [-0.15, -0.1) is 0 Å². The standard InChI is InChI=1S/C68H105NO8/c1-6-8-10-12-14-16-18-20-22-24-26-28-30-31-32-33-34-35-37-39-41-43-45-47-49-51-53-55-57-59-66(71)77-64(63-76-68(67(72)73)74-61-60-69(3,4)5)62-75-65(70)58-56-54-52-50-48-46-44-42-40-38-36-29-27-25-23-21-19-17-15-13-11-9-7-2/h8-11,14-17,20-23,26-29,31-32,34-35,38-41,45,47,51,53,64,68H,6-7,12-13,18-19,24-25,30,33,36-37,42-44,46,48-50,52,54-63H2,1-5H3/p+1/b10-8-,11-9-,16-14-,17-15-,22-20-,23-21-,28-26-,29-27-,32-31-,35-34-,40-38-,41-39-,47-45-,53-51-. The van der Waals surface area contributed by atoms with Crippen molar-refractivity contribution in [2.75, 3.05) is 47.5 Å². The summed E-state index contributed by atoms with van der Waals surface area (Å²) < 4.78 is 22.8. The number of carboxylic acid groups (broad SMARTS) is 1. The summed E-state index contributed by atoms with van der Waals surface area (Å²) in [5, 5.41) is 9.71. The third-order valence-electron chi connectivity index (χ3n) is 11.5. The van der Waals surface area contributed by atoms with Gasteiger partial charge in [0.15, 0.2) is 6.10 Å². The number of ether oxygens (including phenoxy) is 4. The maximum atomic E-state index is 12.9. The molecule has 0 aromatic rings. The van der Waals surface area contributed by atoms with Crippen LogP contribution in [-0.2, 0) is 33.3 Å². The van der Waals surface area contributed by atoms with Crippen molar-refractivity contribution in [3.8, 4) is 0 Å². The summed E-state index contributed by atoms with van der Waals surface area (Å²) in [6, 6.07) is 0. The van der Waals surface area contributed by atoms with E-state index < -0.39 is 24.3 Å². The van der Waals surface area contributed by atoms with Crippen molar-refractivity contribution in [1.82, 2.24) is 0 Å². The van der Waals surface area contributed by atoms with Gasteiger partial charge in [0.05, 0.1) is 34.4 Å². The van der Waals surface area contributed by atoms with Crippen LogP contribution in [0.4, 0.5) is 0 Å². The fourth-order valence-corrected chi connectivity index (χ4v) is 7.04. The van der Waals surface area contributed by atoms with Crippen LogP contribution in [0.1, 0.15) is 181 Å². The average molecular weight is 1070 g/mol. The van der Waals surface area contributed by atoms with Crippen molar-refractivity contribution in [2.45, 2.75) is 193 Å². The Kier molecular flexibility index (Phi) is 52.9. The molecule has 430 valence electrons. The molecule has 9 heteroatoms. The molecule has 0 fully saturated rings. The van der Waals surface area contributed by atoms with Gasteiger partial charge in [-0.3, -0.25) is 9.59 Å². The van der Waals surface area contributed by atoms with Crippen LogP contribution in [0.25, 0.3) is 0 Å². The van der Waals surface area contributed by atoms with Crippen LogP contribution in [0.5, 0.6) is 0 Å². The Morgan fingerprint density at radius 1 is 0.390 bits per heavy atom. The van der Waals surface area contributed by atoms with Crippen LogP contribution in [0.3, 0.4) is 0 Å². The molecule has 0 spiro atoms. The maximum Gasteiger partial charge on any atom is 0.361 e. The molecular weight excluding hydrogens is 959 g/mol. The van der Waals surface area contributed by atoms with Crippen molar-refractivity contribution in [2.24, 2.45) is 0 Å². The summed E-state index contributed by atoms with van der Waals surface area (Å²) in [7, 11) is 5.93. The lowest BCUT2D eigenvalue weighted by atomic mass is 10.1. The highest BCUT2D eigenvalue weighted by Gasteiger charge is 2.25. The van der Waals surface area contributed by atoms with E-state index in [4.69, 9.17) is 18.9 Å². The molecule has 0 aromatic carbocycles. The van der Waals surface area contributed by atoms with E-state index in [1.807, 2.05) is 21.1 Å². The number of carboxylic acids is 1. The minimum Gasteiger partial charge on any atom is -0.477 e. The predicted octanol–water partition coefficient (Wildman–Crippen LogP) is 17.6. The monoisotopic (exact) mass is 1060 g/mol. The van der Waals surface area contributed by atoms with Crippen molar-refractivity contribution >= 4 is 17.9 Å². The molecule has 2 unspecified atom stereocenters. The van der Waals surface area contributed by atoms with Crippen LogP contribution in [0, 0.1) is 0 Å². The summed E-state index contributed by atoms with van der Waals surface area (Å²) in [4.78, 5) is 37.4. The average Bonchev–Trinajstić information content (AvgIpc) is 3.40. The summed E-state index contributed by atoms with van der Waals surface area (Å²) >= 11 is 0. The zero-order chi connectivity index (χ0) is 56.2. The molecule has 77 heavy (non-hydrogen) atoms. The maximum absolute atomic E-state index is 12.9. The molecule has 0 bridgehead atoms. The molecule has 0 rings (SSSR count). The zero-order valence-corrected chi connectivity index (χ0v) is 48.8. The van der Waals surface area contributed by atoms with Crippen molar-refractivity contribution in [1.29, 1.82) is 0 Å². The molecule has 0 aliphatic rings. The normalized spacial score (nSPS) is 14.0. The largest absolute Gasteiger partial charge is 0.477 e. The van der Waals surface area contributed by atoms with E-state index in [2.05, 4.69) is 184 Å². The molecule has 0 radical (unpaired) electrons. The number of carbonyl (C=O) groups excluding carboxylic acids is 2. The van der Waals surface area contributed by atoms with Gasteiger partial charge in [-0.25, -0.2) is 4.79 Å². The molecule has 0 heterocycles. The van der Waals surface area contributed by atoms with E-state index in [9.17, 15) is 19.5 Å². The van der Waals surface area contributed by atoms with E-state index in [0.29, 0.717) is 30.3 Å². The number of likely N-dealkylation sites (N-methyl/N-ethyl adjacent to an activating group) is 1. The lowest BCUT2D eigenvalue weighted by Gasteiger charge is -2.25. The first-order valence-electron chi connectivity index (χ1n) is 29.3. The topological polar surface area (TPSA) is 108 Å². The quantitative estimate of drug-likeness (QED) is 0.0211. The Labute approximate surface area is 469 Å². The SMILES string of the molecule is CC/C=C\C/C=C\C/C=C\C/C=C\C/C=C\C/C=C\C/C=C\C/C=C\C/C=C\CCCC(=O)OC(COC(=O)CCCCCCCCC/C=C\C/C=C\C/C=C\C/C=C\C/C=C\CC)COC(OCC[N+](C)(C)C)C(=O)O. The first-order valence-corrected chi connectivity index (χ1v) is 29.3. The van der Waals surface area contributed by atoms with E-state index >= 15 is 0 Å². The Bertz CT molecular complexity index is 1860. The first kappa shape index (κ1) is 71.7. The number of carbonyl (C=O) groups is 3. The zero-order valence-electron chi connectivity index (χ0n) is 48.8. The van der Waals surface area contributed by atoms with Gasteiger partial charge in [0.25, 0.3) is 6.29 Å². The molecular formula is C68H106NO8+. The smallest absolute Gasteiger partial charge is 0.361 e. The molecule has 0 saturated heterocycles. The highest BCUT2D eigenvalue weighted by Crippen LogP contribution is 2.12. The second kappa shape index (κ2) is 56.8. The van der Waals surface area contributed by atoms with E-state index in [1.165, 1.54) is 19.3 Å². The Balaban J connectivity index is 4.44. The van der Waals surface area contributed by atoms with Crippen LogP contribution in [0.15, 0.2) is 170 Å². The number of hydrogen-bond donors (Lipinski definition) is 1. The number of allylic oxidation sites excluding steroid dienone is 28. The number of nitrogens with zero attached hydrogens (tertiary/aromatic N) is 1. The van der Waals surface area contributed by atoms with Crippen LogP contribution >= 0.6 is 0 Å². The fraction of sp³-hybridized carbons (Fsp3) is 0.544. The summed E-state index contributed by atoms with van der Waals surface area (Å²) in [5.41, 5.74) is 0. The number of hydrogen-bond acceptors (Lipinski definition) is 7.